The van der Waals surface area contributed by atoms with Gasteiger partial charge in [-0.25, -0.2) is 0 Å². The van der Waals surface area contributed by atoms with Crippen molar-refractivity contribution in [2.45, 2.75) is 52.0 Å². The van der Waals surface area contributed by atoms with Gasteiger partial charge in [-0.05, 0) is 28.4 Å². The van der Waals surface area contributed by atoms with Crippen LogP contribution in [-0.2, 0) is 11.0 Å². The highest BCUT2D eigenvalue weighted by Gasteiger charge is 2.59. The van der Waals surface area contributed by atoms with Crippen molar-refractivity contribution in [3.05, 3.63) is 35.4 Å². The van der Waals surface area contributed by atoms with E-state index in [1.54, 1.807) is 0 Å². The van der Waals surface area contributed by atoms with Gasteiger partial charge in [0.05, 0.1) is 0 Å². The van der Waals surface area contributed by atoms with Crippen molar-refractivity contribution in [1.29, 1.82) is 0 Å². The maximum atomic E-state index is 6.46. The minimum absolute atomic E-state index is 0.103. The molecule has 0 amide bonds. The van der Waals surface area contributed by atoms with Crippen LogP contribution in [0.4, 0.5) is 0 Å². The first-order valence-corrected chi connectivity index (χ1v) is 6.07. The molecule has 0 heterocycles. The van der Waals surface area contributed by atoms with E-state index in [1.165, 1.54) is 11.1 Å². The number of benzene rings is 1. The first-order valence-electron chi connectivity index (χ1n) is 6.07. The summed E-state index contributed by atoms with van der Waals surface area (Å²) >= 11 is 0. The molecule has 0 aromatic heterocycles. The largest absolute Gasteiger partial charge is 0.321 e. The van der Waals surface area contributed by atoms with Gasteiger partial charge in [-0.15, -0.1) is 0 Å². The zero-order valence-electron chi connectivity index (χ0n) is 11.1. The molecule has 1 atom stereocenters. The van der Waals surface area contributed by atoms with Gasteiger partial charge in [0.25, 0.3) is 0 Å². The Morgan fingerprint density at radius 3 is 2.19 bits per heavy atom. The molecule has 1 aliphatic rings. The maximum Gasteiger partial charge on any atom is 0.0468 e. The summed E-state index contributed by atoms with van der Waals surface area (Å²) in [5, 5.41) is 0. The summed E-state index contributed by atoms with van der Waals surface area (Å²) in [7, 11) is 0. The zero-order valence-corrected chi connectivity index (χ0v) is 11.1. The molecule has 1 aliphatic carbocycles. The van der Waals surface area contributed by atoms with Crippen molar-refractivity contribution in [2.75, 3.05) is 0 Å². The minimum atomic E-state index is -0.103. The molecule has 0 radical (unpaired) electrons. The molecule has 2 N–H and O–H groups in total. The zero-order chi connectivity index (χ0) is 12.2. The molecule has 1 nitrogen and oxygen atoms in total. The van der Waals surface area contributed by atoms with Crippen LogP contribution in [0.25, 0.3) is 0 Å². The fourth-order valence-electron chi connectivity index (χ4n) is 2.41. The van der Waals surface area contributed by atoms with Crippen molar-refractivity contribution >= 4 is 0 Å². The summed E-state index contributed by atoms with van der Waals surface area (Å²) in [6.07, 6.45) is 1.09. The van der Waals surface area contributed by atoms with E-state index < -0.39 is 0 Å². The Hall–Kier alpha value is -0.820. The minimum Gasteiger partial charge on any atom is -0.321 e. The van der Waals surface area contributed by atoms with Crippen LogP contribution in [-0.4, -0.2) is 0 Å². The Kier molecular flexibility index (Phi) is 2.26. The lowest BCUT2D eigenvalue weighted by atomic mass is 9.84. The van der Waals surface area contributed by atoms with Crippen LogP contribution < -0.4 is 5.73 Å². The molecule has 0 bridgehead atoms. The molecule has 0 aliphatic heterocycles. The van der Waals surface area contributed by atoms with Gasteiger partial charge >= 0.3 is 0 Å². The molecule has 88 valence electrons. The third kappa shape index (κ3) is 1.67. The smallest absolute Gasteiger partial charge is 0.0468 e. The van der Waals surface area contributed by atoms with Crippen LogP contribution >= 0.6 is 0 Å². The second-order valence-electron chi connectivity index (χ2n) is 6.86. The highest BCUT2D eigenvalue weighted by Crippen LogP contribution is 2.60. The molecular formula is C15H23N. The van der Waals surface area contributed by atoms with Crippen LogP contribution in [0.1, 0.15) is 52.2 Å². The van der Waals surface area contributed by atoms with Crippen LogP contribution in [0.3, 0.4) is 0 Å². The molecule has 1 heteroatoms. The van der Waals surface area contributed by atoms with E-state index in [0.717, 1.165) is 6.42 Å². The molecule has 1 fully saturated rings. The second kappa shape index (κ2) is 3.10. The Morgan fingerprint density at radius 1 is 1.19 bits per heavy atom. The van der Waals surface area contributed by atoms with Crippen molar-refractivity contribution in [3.8, 4) is 0 Å². The fourth-order valence-corrected chi connectivity index (χ4v) is 2.41. The summed E-state index contributed by atoms with van der Waals surface area (Å²) in [4.78, 5) is 0. The van der Waals surface area contributed by atoms with E-state index in [-0.39, 0.29) is 16.4 Å². The predicted molar refractivity (Wildman–Crippen MR) is 69.4 cm³/mol. The molecule has 1 saturated carbocycles. The molecule has 0 saturated heterocycles. The van der Waals surface area contributed by atoms with Gasteiger partial charge in [0.2, 0.25) is 0 Å². The Labute approximate surface area is 99.0 Å². The third-order valence-electron chi connectivity index (χ3n) is 4.05. The van der Waals surface area contributed by atoms with E-state index in [2.05, 4.69) is 58.9 Å². The van der Waals surface area contributed by atoms with Gasteiger partial charge in [0.15, 0.2) is 0 Å². The van der Waals surface area contributed by atoms with Crippen molar-refractivity contribution in [3.63, 3.8) is 0 Å². The fraction of sp³-hybridized carbons (Fsp3) is 0.600. The maximum absolute atomic E-state index is 6.46. The summed E-state index contributed by atoms with van der Waals surface area (Å²) in [5.74, 6) is 0. The van der Waals surface area contributed by atoms with E-state index >= 15 is 0 Å². The normalized spacial score (nSPS) is 27.9. The van der Waals surface area contributed by atoms with Gasteiger partial charge in [0, 0.05) is 5.54 Å². The predicted octanol–water partition coefficient (Wildman–Crippen LogP) is 3.57. The molecule has 16 heavy (non-hydrogen) atoms. The lowest BCUT2D eigenvalue weighted by molar-refractivity contribution is 0.507. The highest BCUT2D eigenvalue weighted by atomic mass is 14.9. The summed E-state index contributed by atoms with van der Waals surface area (Å²) in [5.41, 5.74) is 9.48. The van der Waals surface area contributed by atoms with Gasteiger partial charge in [-0.2, -0.15) is 0 Å². The van der Waals surface area contributed by atoms with Crippen LogP contribution in [0.2, 0.25) is 0 Å². The average molecular weight is 217 g/mol. The third-order valence-corrected chi connectivity index (χ3v) is 4.05. The number of rotatable bonds is 1. The molecule has 1 aromatic carbocycles. The Balaban J connectivity index is 2.39. The van der Waals surface area contributed by atoms with Crippen molar-refractivity contribution < 1.29 is 0 Å². The van der Waals surface area contributed by atoms with Crippen molar-refractivity contribution in [2.24, 2.45) is 11.1 Å². The van der Waals surface area contributed by atoms with Crippen molar-refractivity contribution in [1.82, 2.24) is 0 Å². The van der Waals surface area contributed by atoms with Gasteiger partial charge in [-0.3, -0.25) is 0 Å². The van der Waals surface area contributed by atoms with Crippen LogP contribution in [0.5, 0.6) is 0 Å². The Morgan fingerprint density at radius 2 is 1.75 bits per heavy atom. The lowest BCUT2D eigenvalue weighted by Gasteiger charge is -2.22. The highest BCUT2D eigenvalue weighted by molar-refractivity contribution is 5.39. The number of hydrogen-bond donors (Lipinski definition) is 1. The monoisotopic (exact) mass is 217 g/mol. The Bertz CT molecular complexity index is 412. The molecule has 0 spiro atoms. The van der Waals surface area contributed by atoms with Crippen LogP contribution in [0.15, 0.2) is 24.3 Å². The molecule has 1 aromatic rings. The topological polar surface area (TPSA) is 26.0 Å². The van der Waals surface area contributed by atoms with E-state index in [1.807, 2.05) is 0 Å². The SMILES string of the molecule is CC(C)(C)c1cccc(C2(N)CC2(C)C)c1. The standard InChI is InChI=1S/C15H23N/c1-13(2,3)11-7-6-8-12(9-11)15(16)10-14(15,4)5/h6-9H,10,16H2,1-5H3. The van der Waals surface area contributed by atoms with E-state index in [4.69, 9.17) is 5.73 Å². The first-order chi connectivity index (χ1) is 7.17. The average Bonchev–Trinajstić information content (AvgIpc) is 2.66. The number of nitrogens with two attached hydrogens (primary N) is 1. The van der Waals surface area contributed by atoms with E-state index in [9.17, 15) is 0 Å². The quantitative estimate of drug-likeness (QED) is 0.764. The molecule has 2 rings (SSSR count). The molecular weight excluding hydrogens is 194 g/mol. The van der Waals surface area contributed by atoms with Gasteiger partial charge < -0.3 is 5.73 Å². The number of hydrogen-bond acceptors (Lipinski definition) is 1. The van der Waals surface area contributed by atoms with Gasteiger partial charge in [-0.1, -0.05) is 58.9 Å². The lowest BCUT2D eigenvalue weighted by Crippen LogP contribution is -2.26. The first kappa shape index (κ1) is 11.7. The summed E-state index contributed by atoms with van der Waals surface area (Å²) in [6.45, 7) is 11.2. The summed E-state index contributed by atoms with van der Waals surface area (Å²) in [6, 6.07) is 8.79. The van der Waals surface area contributed by atoms with Gasteiger partial charge in [0.1, 0.15) is 0 Å². The summed E-state index contributed by atoms with van der Waals surface area (Å²) < 4.78 is 0. The van der Waals surface area contributed by atoms with E-state index in [0.29, 0.717) is 0 Å². The second-order valence-corrected chi connectivity index (χ2v) is 6.86. The van der Waals surface area contributed by atoms with Crippen LogP contribution in [0, 0.1) is 5.41 Å². The molecule has 1 unspecified atom stereocenters.